The summed E-state index contributed by atoms with van der Waals surface area (Å²) >= 11 is 0. The van der Waals surface area contributed by atoms with Crippen LogP contribution in [0.15, 0.2) is 24.3 Å². The lowest BCUT2D eigenvalue weighted by Gasteiger charge is -2.23. The lowest BCUT2D eigenvalue weighted by atomic mass is 10.1. The molecule has 0 saturated carbocycles. The minimum atomic E-state index is -0.516. The maximum absolute atomic E-state index is 14.1. The number of hydrogen-bond acceptors (Lipinski definition) is 4. The number of nitrogens with one attached hydrogen (secondary N) is 1. The second-order valence-electron chi connectivity index (χ2n) is 7.50. The summed E-state index contributed by atoms with van der Waals surface area (Å²) in [5, 5.41) is 3.71. The van der Waals surface area contributed by atoms with Crippen LogP contribution in [0.4, 0.5) is 14.9 Å². The maximum Gasteiger partial charge on any atom is 0.407 e. The van der Waals surface area contributed by atoms with Crippen molar-refractivity contribution in [1.29, 1.82) is 0 Å². The van der Waals surface area contributed by atoms with Crippen LogP contribution in [0.2, 0.25) is 0 Å². The highest BCUT2D eigenvalue weighted by Crippen LogP contribution is 2.30. The van der Waals surface area contributed by atoms with Crippen LogP contribution in [0.25, 0.3) is 10.9 Å². The molecular weight excluding hydrogens is 321 g/mol. The third-order valence-electron chi connectivity index (χ3n) is 4.15. The number of aromatic nitrogens is 1. The Bertz CT molecular complexity index is 801. The molecule has 1 aliphatic rings. The van der Waals surface area contributed by atoms with Crippen LogP contribution in [0.1, 0.15) is 32.9 Å². The summed E-state index contributed by atoms with van der Waals surface area (Å²) in [5.41, 5.74) is 1.60. The quantitative estimate of drug-likeness (QED) is 0.900. The first kappa shape index (κ1) is 17.5. The van der Waals surface area contributed by atoms with E-state index in [0.29, 0.717) is 12.1 Å². The molecule has 1 amide bonds. The first-order chi connectivity index (χ1) is 11.7. The van der Waals surface area contributed by atoms with E-state index < -0.39 is 11.7 Å². The van der Waals surface area contributed by atoms with E-state index in [-0.39, 0.29) is 11.9 Å². The van der Waals surface area contributed by atoms with Crippen molar-refractivity contribution in [2.45, 2.75) is 45.8 Å². The van der Waals surface area contributed by atoms with Crippen LogP contribution in [-0.2, 0) is 4.74 Å². The molecule has 1 saturated heterocycles. The zero-order valence-corrected chi connectivity index (χ0v) is 15.1. The number of nitrogens with zero attached hydrogens (tertiary/aromatic N) is 2. The van der Waals surface area contributed by atoms with Crippen LogP contribution in [0, 0.1) is 12.7 Å². The number of rotatable bonds is 2. The van der Waals surface area contributed by atoms with Crippen molar-refractivity contribution in [1.82, 2.24) is 10.3 Å². The molecule has 1 aliphatic heterocycles. The summed E-state index contributed by atoms with van der Waals surface area (Å²) in [5.74, 6) is -0.315. The van der Waals surface area contributed by atoms with E-state index in [9.17, 15) is 9.18 Å². The van der Waals surface area contributed by atoms with Gasteiger partial charge >= 0.3 is 6.09 Å². The Morgan fingerprint density at radius 2 is 2.16 bits per heavy atom. The smallest absolute Gasteiger partial charge is 0.407 e. The van der Waals surface area contributed by atoms with Gasteiger partial charge in [0.2, 0.25) is 0 Å². The first-order valence-electron chi connectivity index (χ1n) is 8.53. The SMILES string of the molecule is Cc1cc(N2CCC(NC(=O)OC(C)(C)C)C2)c2cccc(F)c2n1. The molecule has 0 radical (unpaired) electrons. The van der Waals surface area contributed by atoms with Crippen molar-refractivity contribution in [3.8, 4) is 0 Å². The van der Waals surface area contributed by atoms with Gasteiger partial charge in [0.05, 0.1) is 6.04 Å². The molecule has 0 aliphatic carbocycles. The summed E-state index contributed by atoms with van der Waals surface area (Å²) in [6.45, 7) is 8.83. The molecule has 1 atom stereocenters. The lowest BCUT2D eigenvalue weighted by Crippen LogP contribution is -2.40. The third kappa shape index (κ3) is 4.00. The average molecular weight is 345 g/mol. The molecule has 1 unspecified atom stereocenters. The van der Waals surface area contributed by atoms with Gasteiger partial charge in [-0.3, -0.25) is 0 Å². The molecule has 2 heterocycles. The number of carbonyl (C=O) groups is 1. The highest BCUT2D eigenvalue weighted by atomic mass is 19.1. The lowest BCUT2D eigenvalue weighted by molar-refractivity contribution is 0.0509. The van der Waals surface area contributed by atoms with Gasteiger partial charge < -0.3 is 15.0 Å². The second kappa shape index (κ2) is 6.50. The largest absolute Gasteiger partial charge is 0.444 e. The topological polar surface area (TPSA) is 54.5 Å². The van der Waals surface area contributed by atoms with Gasteiger partial charge in [-0.25, -0.2) is 14.2 Å². The van der Waals surface area contributed by atoms with Gasteiger partial charge in [0.15, 0.2) is 0 Å². The zero-order chi connectivity index (χ0) is 18.2. The van der Waals surface area contributed by atoms with Crippen LogP contribution in [0.5, 0.6) is 0 Å². The number of amides is 1. The van der Waals surface area contributed by atoms with Crippen molar-refractivity contribution < 1.29 is 13.9 Å². The molecule has 3 rings (SSSR count). The van der Waals surface area contributed by atoms with Crippen molar-refractivity contribution in [2.24, 2.45) is 0 Å². The fourth-order valence-electron chi connectivity index (χ4n) is 3.15. The van der Waals surface area contributed by atoms with E-state index in [1.165, 1.54) is 6.07 Å². The standard InChI is InChI=1S/C19H24FN3O2/c1-12-10-16(14-6-5-7-15(20)17(14)21-12)23-9-8-13(11-23)22-18(24)25-19(2,3)4/h5-7,10,13H,8-9,11H2,1-4H3,(H,22,24). The summed E-state index contributed by atoms with van der Waals surface area (Å²) in [6, 6.07) is 6.99. The number of ether oxygens (including phenoxy) is 1. The molecule has 1 aromatic carbocycles. The summed E-state index contributed by atoms with van der Waals surface area (Å²) in [6.07, 6.45) is 0.415. The fraction of sp³-hybridized carbons (Fsp3) is 0.474. The molecule has 0 bridgehead atoms. The van der Waals surface area contributed by atoms with Crippen molar-refractivity contribution in [2.75, 3.05) is 18.0 Å². The normalized spacial score (nSPS) is 17.8. The van der Waals surface area contributed by atoms with Crippen LogP contribution < -0.4 is 10.2 Å². The molecule has 25 heavy (non-hydrogen) atoms. The van der Waals surface area contributed by atoms with Gasteiger partial charge in [-0.05, 0) is 46.2 Å². The minimum Gasteiger partial charge on any atom is -0.444 e. The van der Waals surface area contributed by atoms with Gasteiger partial charge in [0, 0.05) is 29.9 Å². The molecule has 5 nitrogen and oxygen atoms in total. The second-order valence-corrected chi connectivity index (χ2v) is 7.50. The van der Waals surface area contributed by atoms with E-state index in [2.05, 4.69) is 15.2 Å². The van der Waals surface area contributed by atoms with Gasteiger partial charge in [-0.1, -0.05) is 12.1 Å². The van der Waals surface area contributed by atoms with E-state index in [4.69, 9.17) is 4.74 Å². The Morgan fingerprint density at radius 3 is 2.88 bits per heavy atom. The first-order valence-corrected chi connectivity index (χ1v) is 8.53. The van der Waals surface area contributed by atoms with Crippen molar-refractivity contribution in [3.63, 3.8) is 0 Å². The van der Waals surface area contributed by atoms with Crippen molar-refractivity contribution >= 4 is 22.7 Å². The van der Waals surface area contributed by atoms with Gasteiger partial charge in [-0.2, -0.15) is 0 Å². The Hall–Kier alpha value is -2.37. The van der Waals surface area contributed by atoms with Gasteiger partial charge in [0.1, 0.15) is 16.9 Å². The average Bonchev–Trinajstić information content (AvgIpc) is 2.93. The molecule has 1 N–H and O–H groups in total. The number of carbonyl (C=O) groups excluding carboxylic acids is 1. The number of fused-ring (bicyclic) bond motifs is 1. The van der Waals surface area contributed by atoms with Crippen molar-refractivity contribution in [3.05, 3.63) is 35.8 Å². The molecule has 134 valence electrons. The van der Waals surface area contributed by atoms with Crippen LogP contribution >= 0.6 is 0 Å². The molecule has 0 spiro atoms. The zero-order valence-electron chi connectivity index (χ0n) is 15.1. The maximum atomic E-state index is 14.1. The number of hydrogen-bond donors (Lipinski definition) is 1. The summed E-state index contributed by atoms with van der Waals surface area (Å²) in [7, 11) is 0. The van der Waals surface area contributed by atoms with Crippen LogP contribution in [-0.4, -0.2) is 35.8 Å². The molecule has 2 aromatic rings. The predicted octanol–water partition coefficient (Wildman–Crippen LogP) is 3.79. The number of benzene rings is 1. The van der Waals surface area contributed by atoms with E-state index >= 15 is 0 Å². The minimum absolute atomic E-state index is 0.00642. The van der Waals surface area contributed by atoms with Gasteiger partial charge in [-0.15, -0.1) is 0 Å². The van der Waals surface area contributed by atoms with E-state index in [0.717, 1.165) is 29.7 Å². The summed E-state index contributed by atoms with van der Waals surface area (Å²) < 4.78 is 19.4. The Balaban J connectivity index is 1.78. The number of aryl methyl sites for hydroxylation is 1. The number of alkyl carbamates (subject to hydrolysis) is 1. The van der Waals surface area contributed by atoms with E-state index in [1.54, 1.807) is 6.07 Å². The number of halogens is 1. The molecule has 1 aromatic heterocycles. The van der Waals surface area contributed by atoms with Gasteiger partial charge in [0.25, 0.3) is 0 Å². The molecular formula is C19H24FN3O2. The summed E-state index contributed by atoms with van der Waals surface area (Å²) in [4.78, 5) is 18.4. The number of para-hydroxylation sites is 1. The predicted molar refractivity (Wildman–Crippen MR) is 96.4 cm³/mol. The molecule has 1 fully saturated rings. The Kier molecular flexibility index (Phi) is 4.54. The third-order valence-corrected chi connectivity index (χ3v) is 4.15. The Labute approximate surface area is 147 Å². The number of pyridine rings is 1. The highest BCUT2D eigenvalue weighted by Gasteiger charge is 2.27. The monoisotopic (exact) mass is 345 g/mol. The van der Waals surface area contributed by atoms with Crippen LogP contribution in [0.3, 0.4) is 0 Å². The number of anilines is 1. The Morgan fingerprint density at radius 1 is 1.40 bits per heavy atom. The fourth-order valence-corrected chi connectivity index (χ4v) is 3.15. The highest BCUT2D eigenvalue weighted by molar-refractivity contribution is 5.92. The van der Waals surface area contributed by atoms with E-state index in [1.807, 2.05) is 39.8 Å². The molecule has 6 heteroatoms.